The fourth-order valence-electron chi connectivity index (χ4n) is 1.21. The SMILES string of the molecule is CC(NCC(F)(F)F)c1cc(F)cc(F)c1. The van der Waals surface area contributed by atoms with Gasteiger partial charge in [-0.15, -0.1) is 0 Å². The zero-order valence-corrected chi connectivity index (χ0v) is 8.41. The maximum absolute atomic E-state index is 12.8. The molecule has 1 N–H and O–H groups in total. The molecule has 0 saturated carbocycles. The predicted molar refractivity (Wildman–Crippen MR) is 48.8 cm³/mol. The van der Waals surface area contributed by atoms with E-state index in [4.69, 9.17) is 0 Å². The van der Waals surface area contributed by atoms with Crippen molar-refractivity contribution >= 4 is 0 Å². The minimum atomic E-state index is -4.35. The van der Waals surface area contributed by atoms with Crippen molar-refractivity contribution in [2.75, 3.05) is 6.54 Å². The summed E-state index contributed by atoms with van der Waals surface area (Å²) in [6, 6.07) is 1.89. The third-order valence-electron chi connectivity index (χ3n) is 1.99. The average Bonchev–Trinajstić information content (AvgIpc) is 2.11. The second-order valence-electron chi connectivity index (χ2n) is 3.42. The second kappa shape index (κ2) is 4.78. The zero-order chi connectivity index (χ0) is 12.3. The molecule has 0 spiro atoms. The van der Waals surface area contributed by atoms with Crippen molar-refractivity contribution in [3.63, 3.8) is 0 Å². The minimum absolute atomic E-state index is 0.141. The van der Waals surface area contributed by atoms with Gasteiger partial charge in [-0.25, -0.2) is 8.78 Å². The summed E-state index contributed by atoms with van der Waals surface area (Å²) < 4.78 is 61.2. The molecule has 0 aliphatic carbocycles. The van der Waals surface area contributed by atoms with Gasteiger partial charge in [0.05, 0.1) is 6.54 Å². The van der Waals surface area contributed by atoms with Crippen LogP contribution in [0.4, 0.5) is 22.0 Å². The summed E-state index contributed by atoms with van der Waals surface area (Å²) in [5.41, 5.74) is 0.141. The van der Waals surface area contributed by atoms with Crippen LogP contribution in [0.25, 0.3) is 0 Å². The van der Waals surface area contributed by atoms with Gasteiger partial charge in [0.25, 0.3) is 0 Å². The third-order valence-corrected chi connectivity index (χ3v) is 1.99. The molecule has 0 aliphatic rings. The van der Waals surface area contributed by atoms with Gasteiger partial charge in [-0.2, -0.15) is 13.2 Å². The molecule has 0 amide bonds. The van der Waals surface area contributed by atoms with Gasteiger partial charge >= 0.3 is 6.18 Å². The van der Waals surface area contributed by atoms with Gasteiger partial charge in [-0.1, -0.05) is 0 Å². The Morgan fingerprint density at radius 3 is 2.06 bits per heavy atom. The van der Waals surface area contributed by atoms with Crippen molar-refractivity contribution in [3.05, 3.63) is 35.4 Å². The molecule has 1 nitrogen and oxygen atoms in total. The highest BCUT2D eigenvalue weighted by Gasteiger charge is 2.27. The minimum Gasteiger partial charge on any atom is -0.302 e. The lowest BCUT2D eigenvalue weighted by Crippen LogP contribution is -2.30. The van der Waals surface area contributed by atoms with Crippen LogP contribution in [0.1, 0.15) is 18.5 Å². The van der Waals surface area contributed by atoms with Crippen LogP contribution >= 0.6 is 0 Å². The molecular formula is C10H10F5N. The molecule has 6 heteroatoms. The van der Waals surface area contributed by atoms with E-state index in [0.717, 1.165) is 12.1 Å². The van der Waals surface area contributed by atoms with Gasteiger partial charge in [-0.05, 0) is 24.6 Å². The molecule has 0 heterocycles. The highest BCUT2D eigenvalue weighted by atomic mass is 19.4. The highest BCUT2D eigenvalue weighted by molar-refractivity contribution is 5.20. The van der Waals surface area contributed by atoms with Crippen molar-refractivity contribution in [2.45, 2.75) is 19.1 Å². The van der Waals surface area contributed by atoms with Crippen molar-refractivity contribution in [3.8, 4) is 0 Å². The van der Waals surface area contributed by atoms with E-state index >= 15 is 0 Å². The van der Waals surface area contributed by atoms with Crippen LogP contribution < -0.4 is 5.32 Å². The summed E-state index contributed by atoms with van der Waals surface area (Å²) >= 11 is 0. The Kier molecular flexibility index (Phi) is 3.85. The molecule has 0 radical (unpaired) electrons. The molecule has 0 bridgehead atoms. The van der Waals surface area contributed by atoms with Crippen LogP contribution in [0.3, 0.4) is 0 Å². The molecule has 1 unspecified atom stereocenters. The quantitative estimate of drug-likeness (QED) is 0.799. The van der Waals surface area contributed by atoms with E-state index in [1.165, 1.54) is 6.92 Å². The number of halogens is 5. The average molecular weight is 239 g/mol. The lowest BCUT2D eigenvalue weighted by Gasteiger charge is -2.15. The second-order valence-corrected chi connectivity index (χ2v) is 3.42. The van der Waals surface area contributed by atoms with E-state index in [9.17, 15) is 22.0 Å². The van der Waals surface area contributed by atoms with Crippen molar-refractivity contribution < 1.29 is 22.0 Å². The van der Waals surface area contributed by atoms with Crippen LogP contribution in [-0.2, 0) is 0 Å². The maximum Gasteiger partial charge on any atom is 0.401 e. The Bertz CT molecular complexity index is 340. The molecule has 1 aromatic carbocycles. The number of hydrogen-bond donors (Lipinski definition) is 1. The highest BCUT2D eigenvalue weighted by Crippen LogP contribution is 2.18. The molecular weight excluding hydrogens is 229 g/mol. The van der Waals surface area contributed by atoms with Gasteiger partial charge in [0, 0.05) is 12.1 Å². The molecule has 1 atom stereocenters. The maximum atomic E-state index is 12.8. The fourth-order valence-corrected chi connectivity index (χ4v) is 1.21. The molecule has 0 saturated heterocycles. The van der Waals surface area contributed by atoms with Crippen LogP contribution in [0, 0.1) is 11.6 Å². The Balaban J connectivity index is 2.69. The van der Waals surface area contributed by atoms with E-state index in [0.29, 0.717) is 6.07 Å². The van der Waals surface area contributed by atoms with Crippen molar-refractivity contribution in [2.24, 2.45) is 0 Å². The zero-order valence-electron chi connectivity index (χ0n) is 8.41. The van der Waals surface area contributed by atoms with E-state index in [-0.39, 0.29) is 5.56 Å². The molecule has 0 fully saturated rings. The summed E-state index contributed by atoms with van der Waals surface area (Å²) in [4.78, 5) is 0. The van der Waals surface area contributed by atoms with E-state index in [1.54, 1.807) is 0 Å². The Hall–Kier alpha value is -1.17. The van der Waals surface area contributed by atoms with Crippen LogP contribution in [0.15, 0.2) is 18.2 Å². The molecule has 1 aromatic rings. The van der Waals surface area contributed by atoms with Gasteiger partial charge in [0.2, 0.25) is 0 Å². The van der Waals surface area contributed by atoms with Gasteiger partial charge in [0.15, 0.2) is 0 Å². The lowest BCUT2D eigenvalue weighted by molar-refractivity contribution is -0.126. The van der Waals surface area contributed by atoms with Gasteiger partial charge in [0.1, 0.15) is 11.6 Å². The summed E-state index contributed by atoms with van der Waals surface area (Å²) in [6.07, 6.45) is -4.35. The number of benzene rings is 1. The van der Waals surface area contributed by atoms with Crippen LogP contribution in [0.2, 0.25) is 0 Å². The summed E-state index contributed by atoms with van der Waals surface area (Å²) in [6.45, 7) is 0.201. The van der Waals surface area contributed by atoms with Crippen molar-refractivity contribution in [1.29, 1.82) is 0 Å². The van der Waals surface area contributed by atoms with Crippen molar-refractivity contribution in [1.82, 2.24) is 5.32 Å². The van der Waals surface area contributed by atoms with E-state index in [2.05, 4.69) is 5.32 Å². The fraction of sp³-hybridized carbons (Fsp3) is 0.400. The predicted octanol–water partition coefficient (Wildman–Crippen LogP) is 3.18. The molecule has 1 rings (SSSR count). The monoisotopic (exact) mass is 239 g/mol. The first-order chi connectivity index (χ1) is 7.28. The van der Waals surface area contributed by atoms with Crippen LogP contribution in [-0.4, -0.2) is 12.7 Å². The third kappa shape index (κ3) is 4.14. The van der Waals surface area contributed by atoms with Crippen LogP contribution in [0.5, 0.6) is 0 Å². The van der Waals surface area contributed by atoms with E-state index in [1.807, 2.05) is 0 Å². The largest absolute Gasteiger partial charge is 0.401 e. The topological polar surface area (TPSA) is 12.0 Å². The number of rotatable bonds is 3. The smallest absolute Gasteiger partial charge is 0.302 e. The van der Waals surface area contributed by atoms with Gasteiger partial charge < -0.3 is 5.32 Å². The normalized spacial score (nSPS) is 13.9. The molecule has 90 valence electrons. The number of nitrogens with one attached hydrogen (secondary N) is 1. The Labute approximate surface area is 89.3 Å². The first-order valence-corrected chi connectivity index (χ1v) is 4.54. The molecule has 0 aliphatic heterocycles. The Morgan fingerprint density at radius 1 is 1.12 bits per heavy atom. The summed E-state index contributed by atoms with van der Waals surface area (Å²) in [5.74, 6) is -1.62. The standard InChI is InChI=1S/C10H10F5N/c1-6(16-5-10(13,14)15)7-2-8(11)4-9(12)3-7/h2-4,6,16H,5H2,1H3. The summed E-state index contributed by atoms with van der Waals surface area (Å²) in [5, 5.41) is 2.13. The summed E-state index contributed by atoms with van der Waals surface area (Å²) in [7, 11) is 0. The first kappa shape index (κ1) is 12.9. The number of alkyl halides is 3. The lowest BCUT2D eigenvalue weighted by atomic mass is 10.1. The number of hydrogen-bond acceptors (Lipinski definition) is 1. The van der Waals surface area contributed by atoms with Gasteiger partial charge in [-0.3, -0.25) is 0 Å². The Morgan fingerprint density at radius 2 is 1.62 bits per heavy atom. The van der Waals surface area contributed by atoms with E-state index < -0.39 is 30.4 Å². The molecule has 0 aromatic heterocycles. The molecule has 16 heavy (non-hydrogen) atoms. The first-order valence-electron chi connectivity index (χ1n) is 4.54.